The standard InChI is InChI=1S/C24H18N4O/c1-2-8-21(9-3-1)28(22-10-4-7-19(17-22)20-13-16-29-18-20)24-12-5-11-23(26-24)27-15-6-14-25-27/h1-18H. The Kier molecular flexibility index (Phi) is 4.39. The highest BCUT2D eigenvalue weighted by molar-refractivity contribution is 5.78. The number of pyridine rings is 1. The minimum atomic E-state index is 0.763. The molecule has 3 heterocycles. The highest BCUT2D eigenvalue weighted by Crippen LogP contribution is 2.35. The zero-order valence-electron chi connectivity index (χ0n) is 15.6. The second-order valence-electron chi connectivity index (χ2n) is 6.54. The quantitative estimate of drug-likeness (QED) is 0.376. The van der Waals surface area contributed by atoms with Crippen molar-refractivity contribution in [3.05, 3.63) is 110 Å². The average Bonchev–Trinajstić information content (AvgIpc) is 3.50. The molecule has 0 N–H and O–H groups in total. The Labute approximate surface area is 168 Å². The monoisotopic (exact) mass is 378 g/mol. The van der Waals surface area contributed by atoms with Gasteiger partial charge in [-0.15, -0.1) is 0 Å². The van der Waals surface area contributed by atoms with Crippen molar-refractivity contribution in [3.8, 4) is 16.9 Å². The van der Waals surface area contributed by atoms with E-state index in [1.807, 2.05) is 60.8 Å². The van der Waals surface area contributed by atoms with Gasteiger partial charge >= 0.3 is 0 Å². The Morgan fingerprint density at radius 1 is 0.759 bits per heavy atom. The Balaban J connectivity index is 1.64. The molecule has 0 saturated heterocycles. The summed E-state index contributed by atoms with van der Waals surface area (Å²) in [5.41, 5.74) is 4.17. The van der Waals surface area contributed by atoms with Crippen molar-refractivity contribution in [1.82, 2.24) is 14.8 Å². The number of nitrogens with zero attached hydrogens (tertiary/aromatic N) is 4. The van der Waals surface area contributed by atoms with Crippen LogP contribution in [0.5, 0.6) is 0 Å². The molecule has 0 amide bonds. The zero-order valence-corrected chi connectivity index (χ0v) is 15.6. The molecule has 0 spiro atoms. The van der Waals surface area contributed by atoms with Crippen molar-refractivity contribution in [3.63, 3.8) is 0 Å². The van der Waals surface area contributed by atoms with Crippen molar-refractivity contribution < 1.29 is 4.42 Å². The van der Waals surface area contributed by atoms with Crippen LogP contribution < -0.4 is 4.90 Å². The van der Waals surface area contributed by atoms with Crippen LogP contribution in [-0.4, -0.2) is 14.8 Å². The van der Waals surface area contributed by atoms with Crippen LogP contribution in [0.1, 0.15) is 0 Å². The molecule has 5 aromatic rings. The van der Waals surface area contributed by atoms with E-state index in [0.717, 1.165) is 34.1 Å². The molecule has 0 radical (unpaired) electrons. The van der Waals surface area contributed by atoms with Gasteiger partial charge in [0, 0.05) is 29.3 Å². The van der Waals surface area contributed by atoms with Crippen LogP contribution in [-0.2, 0) is 0 Å². The average molecular weight is 378 g/mol. The number of benzene rings is 2. The number of furan rings is 1. The minimum absolute atomic E-state index is 0.763. The topological polar surface area (TPSA) is 47.1 Å². The summed E-state index contributed by atoms with van der Waals surface area (Å²) >= 11 is 0. The summed E-state index contributed by atoms with van der Waals surface area (Å²) in [6.45, 7) is 0. The Morgan fingerprint density at radius 2 is 1.62 bits per heavy atom. The van der Waals surface area contributed by atoms with Gasteiger partial charge < -0.3 is 4.42 Å². The molecule has 29 heavy (non-hydrogen) atoms. The van der Waals surface area contributed by atoms with Crippen LogP contribution in [0.15, 0.2) is 114 Å². The Morgan fingerprint density at radius 3 is 2.41 bits per heavy atom. The number of para-hydroxylation sites is 1. The van der Waals surface area contributed by atoms with E-state index in [0.29, 0.717) is 0 Å². The minimum Gasteiger partial charge on any atom is -0.472 e. The number of hydrogen-bond acceptors (Lipinski definition) is 4. The number of hydrogen-bond donors (Lipinski definition) is 0. The SMILES string of the molecule is c1ccc(N(c2cccc(-c3ccoc3)c2)c2cccc(-n3cccn3)n2)cc1. The predicted octanol–water partition coefficient (Wildman–Crippen LogP) is 6.00. The van der Waals surface area contributed by atoms with Crippen LogP contribution in [0.4, 0.5) is 17.2 Å². The highest BCUT2D eigenvalue weighted by atomic mass is 16.3. The van der Waals surface area contributed by atoms with Crippen LogP contribution in [0, 0.1) is 0 Å². The van der Waals surface area contributed by atoms with Gasteiger partial charge in [-0.25, -0.2) is 9.67 Å². The second-order valence-corrected chi connectivity index (χ2v) is 6.54. The summed E-state index contributed by atoms with van der Waals surface area (Å²) in [5, 5.41) is 4.31. The van der Waals surface area contributed by atoms with Crippen LogP contribution >= 0.6 is 0 Å². The van der Waals surface area contributed by atoms with E-state index in [1.54, 1.807) is 23.4 Å². The van der Waals surface area contributed by atoms with Crippen LogP contribution in [0.25, 0.3) is 16.9 Å². The molecule has 2 aromatic carbocycles. The fraction of sp³-hybridized carbons (Fsp3) is 0. The molecule has 5 nitrogen and oxygen atoms in total. The number of rotatable bonds is 5. The summed E-state index contributed by atoms with van der Waals surface area (Å²) in [6, 6.07) is 28.4. The van der Waals surface area contributed by atoms with Gasteiger partial charge in [0.25, 0.3) is 0 Å². The summed E-state index contributed by atoms with van der Waals surface area (Å²) in [4.78, 5) is 7.00. The third-order valence-electron chi connectivity index (χ3n) is 4.66. The molecular formula is C24H18N4O. The van der Waals surface area contributed by atoms with E-state index in [4.69, 9.17) is 9.40 Å². The van der Waals surface area contributed by atoms with Gasteiger partial charge in [0.2, 0.25) is 0 Å². The van der Waals surface area contributed by atoms with Gasteiger partial charge in [0.05, 0.1) is 12.5 Å². The Hall–Kier alpha value is -4.12. The third-order valence-corrected chi connectivity index (χ3v) is 4.66. The summed E-state index contributed by atoms with van der Waals surface area (Å²) in [6.07, 6.45) is 7.07. The van der Waals surface area contributed by atoms with Crippen molar-refractivity contribution >= 4 is 17.2 Å². The molecule has 0 aliphatic carbocycles. The first kappa shape index (κ1) is 17.0. The normalized spacial score (nSPS) is 10.8. The lowest BCUT2D eigenvalue weighted by atomic mass is 10.1. The molecule has 0 aliphatic rings. The molecule has 5 rings (SSSR count). The first-order chi connectivity index (χ1) is 14.4. The van der Waals surface area contributed by atoms with Crippen molar-refractivity contribution in [2.24, 2.45) is 0 Å². The smallest absolute Gasteiger partial charge is 0.155 e. The molecule has 140 valence electrons. The molecule has 0 bridgehead atoms. The van der Waals surface area contributed by atoms with Gasteiger partial charge in [-0.3, -0.25) is 4.90 Å². The fourth-order valence-electron chi connectivity index (χ4n) is 3.31. The van der Waals surface area contributed by atoms with E-state index in [9.17, 15) is 0 Å². The van der Waals surface area contributed by atoms with E-state index in [2.05, 4.69) is 40.3 Å². The largest absolute Gasteiger partial charge is 0.472 e. The van der Waals surface area contributed by atoms with Gasteiger partial charge in [0.1, 0.15) is 5.82 Å². The summed E-state index contributed by atoms with van der Waals surface area (Å²) < 4.78 is 7.02. The molecule has 5 heteroatoms. The molecule has 0 aliphatic heterocycles. The number of anilines is 3. The van der Waals surface area contributed by atoms with Crippen LogP contribution in [0.2, 0.25) is 0 Å². The first-order valence-electron chi connectivity index (χ1n) is 9.33. The zero-order chi connectivity index (χ0) is 19.5. The van der Waals surface area contributed by atoms with Gasteiger partial charge in [-0.2, -0.15) is 5.10 Å². The molecule has 0 unspecified atom stereocenters. The summed E-state index contributed by atoms with van der Waals surface area (Å²) in [7, 11) is 0. The van der Waals surface area contributed by atoms with Gasteiger partial charge in [-0.05, 0) is 54.1 Å². The summed E-state index contributed by atoms with van der Waals surface area (Å²) in [5.74, 6) is 1.58. The first-order valence-corrected chi connectivity index (χ1v) is 9.33. The molecule has 0 fully saturated rings. The lowest BCUT2D eigenvalue weighted by Gasteiger charge is -2.25. The molecular weight excluding hydrogens is 360 g/mol. The Bertz CT molecular complexity index is 1120. The highest BCUT2D eigenvalue weighted by Gasteiger charge is 2.15. The number of aromatic nitrogens is 3. The van der Waals surface area contributed by atoms with Crippen LogP contribution in [0.3, 0.4) is 0 Å². The molecule has 0 saturated carbocycles. The maximum atomic E-state index is 5.26. The van der Waals surface area contributed by atoms with E-state index >= 15 is 0 Å². The van der Waals surface area contributed by atoms with E-state index in [-0.39, 0.29) is 0 Å². The van der Waals surface area contributed by atoms with Crippen molar-refractivity contribution in [2.45, 2.75) is 0 Å². The van der Waals surface area contributed by atoms with E-state index < -0.39 is 0 Å². The maximum Gasteiger partial charge on any atom is 0.155 e. The fourth-order valence-corrected chi connectivity index (χ4v) is 3.31. The van der Waals surface area contributed by atoms with Crippen molar-refractivity contribution in [1.29, 1.82) is 0 Å². The predicted molar refractivity (Wildman–Crippen MR) is 114 cm³/mol. The molecule has 3 aromatic heterocycles. The van der Waals surface area contributed by atoms with Gasteiger partial charge in [0.15, 0.2) is 5.82 Å². The lowest BCUT2D eigenvalue weighted by Crippen LogP contribution is -2.12. The maximum absolute atomic E-state index is 5.26. The van der Waals surface area contributed by atoms with Crippen molar-refractivity contribution in [2.75, 3.05) is 4.90 Å². The van der Waals surface area contributed by atoms with E-state index in [1.165, 1.54) is 0 Å². The third kappa shape index (κ3) is 3.41. The second kappa shape index (κ2) is 7.48. The molecule has 0 atom stereocenters. The lowest BCUT2D eigenvalue weighted by molar-refractivity contribution is 0.568. The van der Waals surface area contributed by atoms with Gasteiger partial charge in [-0.1, -0.05) is 36.4 Å².